The zero-order valence-electron chi connectivity index (χ0n) is 9.85. The number of sulfonamides is 1. The zero-order valence-corrected chi connectivity index (χ0v) is 10.7. The normalized spacial score (nSPS) is 12.2. The van der Waals surface area contributed by atoms with Crippen molar-refractivity contribution in [1.29, 1.82) is 0 Å². The van der Waals surface area contributed by atoms with Crippen LogP contribution in [0.3, 0.4) is 0 Å². The van der Waals surface area contributed by atoms with Gasteiger partial charge in [-0.15, -0.1) is 0 Å². The van der Waals surface area contributed by atoms with E-state index in [-0.39, 0.29) is 4.90 Å². The SMILES string of the molecule is CNS(=O)(=O)c1cc(N)c2c(C)nn(C)c2c1. The maximum atomic E-state index is 11.7. The molecule has 92 valence electrons. The van der Waals surface area contributed by atoms with Crippen LogP contribution in [-0.4, -0.2) is 25.2 Å². The number of nitrogens with two attached hydrogens (primary N) is 1. The number of nitrogens with one attached hydrogen (secondary N) is 1. The van der Waals surface area contributed by atoms with E-state index in [1.54, 1.807) is 17.8 Å². The number of nitrogens with zero attached hydrogens (tertiary/aromatic N) is 2. The van der Waals surface area contributed by atoms with Gasteiger partial charge in [0.2, 0.25) is 10.0 Å². The molecule has 0 bridgehead atoms. The molecule has 0 fully saturated rings. The van der Waals surface area contributed by atoms with E-state index in [0.29, 0.717) is 11.2 Å². The number of hydrogen-bond acceptors (Lipinski definition) is 4. The Bertz CT molecular complexity index is 688. The number of aryl methyl sites for hydroxylation is 2. The first-order valence-corrected chi connectivity index (χ1v) is 6.51. The van der Waals surface area contributed by atoms with Crippen molar-refractivity contribution < 1.29 is 8.42 Å². The van der Waals surface area contributed by atoms with Crippen LogP contribution in [0, 0.1) is 6.92 Å². The molecule has 0 radical (unpaired) electrons. The van der Waals surface area contributed by atoms with E-state index < -0.39 is 10.0 Å². The summed E-state index contributed by atoms with van der Waals surface area (Å²) in [6, 6.07) is 3.01. The van der Waals surface area contributed by atoms with Crippen LogP contribution in [0.2, 0.25) is 0 Å². The van der Waals surface area contributed by atoms with Gasteiger partial charge in [0, 0.05) is 18.1 Å². The van der Waals surface area contributed by atoms with Crippen LogP contribution in [-0.2, 0) is 17.1 Å². The van der Waals surface area contributed by atoms with Gasteiger partial charge in [-0.3, -0.25) is 4.68 Å². The number of nitrogen functional groups attached to an aromatic ring is 1. The van der Waals surface area contributed by atoms with E-state index >= 15 is 0 Å². The third-order valence-electron chi connectivity index (χ3n) is 2.71. The molecule has 0 atom stereocenters. The van der Waals surface area contributed by atoms with Crippen LogP contribution in [0.4, 0.5) is 5.69 Å². The van der Waals surface area contributed by atoms with E-state index in [1.807, 2.05) is 6.92 Å². The Kier molecular flexibility index (Phi) is 2.59. The molecular formula is C10H14N4O2S. The molecule has 0 aliphatic rings. The topological polar surface area (TPSA) is 90.0 Å². The maximum Gasteiger partial charge on any atom is 0.240 e. The fraction of sp³-hybridized carbons (Fsp3) is 0.300. The first-order chi connectivity index (χ1) is 7.86. The monoisotopic (exact) mass is 254 g/mol. The summed E-state index contributed by atoms with van der Waals surface area (Å²) in [6.45, 7) is 1.84. The summed E-state index contributed by atoms with van der Waals surface area (Å²) in [5.74, 6) is 0. The number of anilines is 1. The van der Waals surface area contributed by atoms with E-state index in [9.17, 15) is 8.42 Å². The molecule has 1 aromatic heterocycles. The second-order valence-corrected chi connectivity index (χ2v) is 5.71. The minimum absolute atomic E-state index is 0.146. The summed E-state index contributed by atoms with van der Waals surface area (Å²) in [5, 5.41) is 5.02. The Balaban J connectivity index is 2.85. The smallest absolute Gasteiger partial charge is 0.240 e. The molecule has 0 saturated carbocycles. The summed E-state index contributed by atoms with van der Waals surface area (Å²) >= 11 is 0. The molecule has 1 aromatic carbocycles. The molecular weight excluding hydrogens is 240 g/mol. The summed E-state index contributed by atoms with van der Waals surface area (Å²) in [6.07, 6.45) is 0. The largest absolute Gasteiger partial charge is 0.398 e. The van der Waals surface area contributed by atoms with Gasteiger partial charge >= 0.3 is 0 Å². The molecule has 17 heavy (non-hydrogen) atoms. The molecule has 2 aromatic rings. The van der Waals surface area contributed by atoms with Crippen molar-refractivity contribution in [2.75, 3.05) is 12.8 Å². The standard InChI is InChI=1S/C10H14N4O2S/c1-6-10-8(11)4-7(17(15,16)12-2)5-9(10)14(3)13-6/h4-5,12H,11H2,1-3H3. The van der Waals surface area contributed by atoms with Crippen LogP contribution in [0.25, 0.3) is 10.9 Å². The van der Waals surface area contributed by atoms with Gasteiger partial charge in [-0.2, -0.15) is 5.10 Å². The van der Waals surface area contributed by atoms with Crippen molar-refractivity contribution in [3.05, 3.63) is 17.8 Å². The van der Waals surface area contributed by atoms with Crippen molar-refractivity contribution >= 4 is 26.6 Å². The molecule has 7 heteroatoms. The van der Waals surface area contributed by atoms with Gasteiger partial charge in [0.25, 0.3) is 0 Å². The van der Waals surface area contributed by atoms with Crippen molar-refractivity contribution in [2.45, 2.75) is 11.8 Å². The van der Waals surface area contributed by atoms with Crippen LogP contribution in [0.15, 0.2) is 17.0 Å². The lowest BCUT2D eigenvalue weighted by Gasteiger charge is -2.05. The fourth-order valence-electron chi connectivity index (χ4n) is 1.87. The van der Waals surface area contributed by atoms with Gasteiger partial charge in [0.1, 0.15) is 0 Å². The Morgan fingerprint density at radius 1 is 1.41 bits per heavy atom. The van der Waals surface area contributed by atoms with Gasteiger partial charge < -0.3 is 5.73 Å². The Morgan fingerprint density at radius 2 is 2.06 bits per heavy atom. The Morgan fingerprint density at radius 3 is 2.65 bits per heavy atom. The predicted octanol–water partition coefficient (Wildman–Crippen LogP) is 0.372. The molecule has 3 N–H and O–H groups in total. The van der Waals surface area contributed by atoms with Gasteiger partial charge in [-0.05, 0) is 26.1 Å². The molecule has 0 aliphatic carbocycles. The molecule has 1 heterocycles. The van der Waals surface area contributed by atoms with Crippen LogP contribution in [0.1, 0.15) is 5.69 Å². The van der Waals surface area contributed by atoms with E-state index in [2.05, 4.69) is 9.82 Å². The van der Waals surface area contributed by atoms with Crippen molar-refractivity contribution in [3.8, 4) is 0 Å². The number of hydrogen-bond donors (Lipinski definition) is 2. The minimum atomic E-state index is -3.49. The van der Waals surface area contributed by atoms with E-state index in [0.717, 1.165) is 11.1 Å². The fourth-order valence-corrected chi connectivity index (χ4v) is 2.66. The van der Waals surface area contributed by atoms with E-state index in [4.69, 9.17) is 5.73 Å². The van der Waals surface area contributed by atoms with Crippen molar-refractivity contribution in [2.24, 2.45) is 7.05 Å². The molecule has 0 aliphatic heterocycles. The lowest BCUT2D eigenvalue weighted by Crippen LogP contribution is -2.18. The number of fused-ring (bicyclic) bond motifs is 1. The van der Waals surface area contributed by atoms with Gasteiger partial charge in [0.15, 0.2) is 0 Å². The van der Waals surface area contributed by atoms with Crippen molar-refractivity contribution in [3.63, 3.8) is 0 Å². The average molecular weight is 254 g/mol. The third-order valence-corrected chi connectivity index (χ3v) is 4.10. The highest BCUT2D eigenvalue weighted by molar-refractivity contribution is 7.89. The second kappa shape index (κ2) is 3.71. The highest BCUT2D eigenvalue weighted by Crippen LogP contribution is 2.27. The summed E-state index contributed by atoms with van der Waals surface area (Å²) < 4.78 is 27.3. The highest BCUT2D eigenvalue weighted by Gasteiger charge is 2.16. The van der Waals surface area contributed by atoms with Crippen LogP contribution in [0.5, 0.6) is 0 Å². The van der Waals surface area contributed by atoms with Gasteiger partial charge in [-0.25, -0.2) is 13.1 Å². The number of benzene rings is 1. The predicted molar refractivity (Wildman–Crippen MR) is 66.1 cm³/mol. The molecule has 0 amide bonds. The second-order valence-electron chi connectivity index (χ2n) is 3.82. The summed E-state index contributed by atoms with van der Waals surface area (Å²) in [7, 11) is -0.371. The average Bonchev–Trinajstić information content (AvgIpc) is 2.55. The van der Waals surface area contributed by atoms with Crippen LogP contribution < -0.4 is 10.5 Å². The molecule has 0 saturated heterocycles. The molecule has 0 spiro atoms. The van der Waals surface area contributed by atoms with Crippen molar-refractivity contribution in [1.82, 2.24) is 14.5 Å². The highest BCUT2D eigenvalue weighted by atomic mass is 32.2. The van der Waals surface area contributed by atoms with Crippen LogP contribution >= 0.6 is 0 Å². The minimum Gasteiger partial charge on any atom is -0.398 e. The maximum absolute atomic E-state index is 11.7. The molecule has 0 unspecified atom stereocenters. The Hall–Kier alpha value is -1.60. The first kappa shape index (κ1) is 11.9. The summed E-state index contributed by atoms with van der Waals surface area (Å²) in [5.41, 5.74) is 7.79. The quantitative estimate of drug-likeness (QED) is 0.758. The zero-order chi connectivity index (χ0) is 12.8. The third kappa shape index (κ3) is 1.77. The van der Waals surface area contributed by atoms with E-state index in [1.165, 1.54) is 13.1 Å². The summed E-state index contributed by atoms with van der Waals surface area (Å²) in [4.78, 5) is 0.146. The number of aromatic nitrogens is 2. The Labute approximate surface area is 99.5 Å². The molecule has 2 rings (SSSR count). The lowest BCUT2D eigenvalue weighted by atomic mass is 10.2. The lowest BCUT2D eigenvalue weighted by molar-refractivity contribution is 0.588. The first-order valence-electron chi connectivity index (χ1n) is 5.03. The van der Waals surface area contributed by atoms with Gasteiger partial charge in [0.05, 0.1) is 16.1 Å². The number of rotatable bonds is 2. The molecule has 6 nitrogen and oxygen atoms in total. The van der Waals surface area contributed by atoms with Gasteiger partial charge in [-0.1, -0.05) is 0 Å².